The highest BCUT2D eigenvalue weighted by atomic mass is 19.1. The Hall–Kier alpha value is -4.59. The summed E-state index contributed by atoms with van der Waals surface area (Å²) < 4.78 is 24.7. The standard InChI is InChI=1S/C25H16FN3O4/c1-15-2-3-17(12-22(15)29(30)31)23-11-9-20(32-23)14-27-19-8-10-24-21(13-19)28-25(33-24)16-4-6-18(26)7-5-16/h2-14H,1H3. The highest BCUT2D eigenvalue weighted by Gasteiger charge is 2.14. The molecule has 3 aromatic carbocycles. The number of hydrogen-bond donors (Lipinski definition) is 0. The van der Waals surface area contributed by atoms with Gasteiger partial charge in [0.05, 0.1) is 16.8 Å². The van der Waals surface area contributed by atoms with Gasteiger partial charge in [-0.3, -0.25) is 15.1 Å². The lowest BCUT2D eigenvalue weighted by molar-refractivity contribution is -0.385. The number of nitro benzene ring substituents is 1. The zero-order chi connectivity index (χ0) is 22.9. The molecular formula is C25H16FN3O4. The summed E-state index contributed by atoms with van der Waals surface area (Å²) in [6, 6.07) is 19.7. The molecule has 0 aliphatic carbocycles. The summed E-state index contributed by atoms with van der Waals surface area (Å²) in [5.74, 6) is 1.08. The van der Waals surface area contributed by atoms with Gasteiger partial charge in [0.2, 0.25) is 5.89 Å². The molecule has 0 bridgehead atoms. The fourth-order valence-corrected chi connectivity index (χ4v) is 3.39. The molecule has 0 saturated heterocycles. The second-order valence-electron chi connectivity index (χ2n) is 7.40. The first-order chi connectivity index (χ1) is 16.0. The van der Waals surface area contributed by atoms with E-state index in [-0.39, 0.29) is 11.5 Å². The third-order valence-electron chi connectivity index (χ3n) is 5.12. The Labute approximate surface area is 187 Å². The summed E-state index contributed by atoms with van der Waals surface area (Å²) in [6.45, 7) is 1.69. The normalized spacial score (nSPS) is 11.5. The Bertz CT molecular complexity index is 1520. The molecule has 162 valence electrons. The van der Waals surface area contributed by atoms with Gasteiger partial charge in [-0.05, 0) is 61.5 Å². The number of hydrogen-bond acceptors (Lipinski definition) is 6. The first-order valence-corrected chi connectivity index (χ1v) is 10.0. The second kappa shape index (κ2) is 8.16. The quantitative estimate of drug-likeness (QED) is 0.169. The lowest BCUT2D eigenvalue weighted by Gasteiger charge is -2.00. The van der Waals surface area contributed by atoms with Crippen molar-refractivity contribution in [3.8, 4) is 22.8 Å². The number of halogens is 1. The van der Waals surface area contributed by atoms with E-state index in [0.717, 1.165) is 0 Å². The van der Waals surface area contributed by atoms with E-state index in [4.69, 9.17) is 8.83 Å². The molecule has 33 heavy (non-hydrogen) atoms. The van der Waals surface area contributed by atoms with Gasteiger partial charge in [-0.15, -0.1) is 0 Å². The molecule has 7 nitrogen and oxygen atoms in total. The van der Waals surface area contributed by atoms with Crippen molar-refractivity contribution in [2.45, 2.75) is 6.92 Å². The van der Waals surface area contributed by atoms with E-state index in [1.807, 2.05) is 0 Å². The molecule has 5 aromatic rings. The Morgan fingerprint density at radius 2 is 1.76 bits per heavy atom. The van der Waals surface area contributed by atoms with Gasteiger partial charge in [0.15, 0.2) is 5.58 Å². The summed E-state index contributed by atoms with van der Waals surface area (Å²) in [7, 11) is 0. The molecule has 0 saturated carbocycles. The minimum absolute atomic E-state index is 0.0417. The number of rotatable bonds is 5. The SMILES string of the molecule is Cc1ccc(-c2ccc(C=Nc3ccc4oc(-c5ccc(F)cc5)nc4c3)o2)cc1[N+](=O)[O-]. The number of benzene rings is 3. The molecular weight excluding hydrogens is 425 g/mol. The first kappa shape index (κ1) is 20.3. The van der Waals surface area contributed by atoms with E-state index < -0.39 is 4.92 Å². The third-order valence-corrected chi connectivity index (χ3v) is 5.12. The molecule has 0 radical (unpaired) electrons. The molecule has 0 unspecified atom stereocenters. The van der Waals surface area contributed by atoms with Crippen molar-refractivity contribution in [2.24, 2.45) is 4.99 Å². The first-order valence-electron chi connectivity index (χ1n) is 10.0. The maximum absolute atomic E-state index is 13.1. The van der Waals surface area contributed by atoms with E-state index in [1.165, 1.54) is 18.2 Å². The largest absolute Gasteiger partial charge is 0.455 e. The number of aryl methyl sites for hydroxylation is 1. The minimum atomic E-state index is -0.411. The predicted octanol–water partition coefficient (Wildman–Crippen LogP) is 6.86. The number of aromatic nitrogens is 1. The summed E-state index contributed by atoms with van der Waals surface area (Å²) in [4.78, 5) is 19.7. The molecule has 0 amide bonds. The zero-order valence-electron chi connectivity index (χ0n) is 17.4. The van der Waals surface area contributed by atoms with Crippen molar-refractivity contribution in [1.82, 2.24) is 4.98 Å². The molecule has 0 atom stereocenters. The van der Waals surface area contributed by atoms with Crippen molar-refractivity contribution < 1.29 is 18.1 Å². The number of nitrogens with zero attached hydrogens (tertiary/aromatic N) is 3. The molecule has 0 aliphatic rings. The van der Waals surface area contributed by atoms with Crippen LogP contribution in [0.25, 0.3) is 33.9 Å². The van der Waals surface area contributed by atoms with Crippen LogP contribution in [0, 0.1) is 22.9 Å². The summed E-state index contributed by atoms with van der Waals surface area (Å²) in [5.41, 5.74) is 3.78. The molecule has 8 heteroatoms. The minimum Gasteiger partial charge on any atom is -0.455 e. The van der Waals surface area contributed by atoms with E-state index in [1.54, 1.807) is 67.7 Å². The van der Waals surface area contributed by atoms with E-state index in [2.05, 4.69) is 9.98 Å². The number of aliphatic imine (C=N–C) groups is 1. The number of oxazole rings is 1. The number of fused-ring (bicyclic) bond motifs is 1. The van der Waals surface area contributed by atoms with Gasteiger partial charge in [-0.2, -0.15) is 0 Å². The summed E-state index contributed by atoms with van der Waals surface area (Å²) in [6.07, 6.45) is 1.56. The Morgan fingerprint density at radius 1 is 0.970 bits per heavy atom. The smallest absolute Gasteiger partial charge is 0.273 e. The highest BCUT2D eigenvalue weighted by molar-refractivity contribution is 5.83. The monoisotopic (exact) mass is 441 g/mol. The van der Waals surface area contributed by atoms with Crippen molar-refractivity contribution in [3.63, 3.8) is 0 Å². The van der Waals surface area contributed by atoms with Gasteiger partial charge >= 0.3 is 0 Å². The van der Waals surface area contributed by atoms with Crippen molar-refractivity contribution >= 4 is 28.7 Å². The van der Waals surface area contributed by atoms with Crippen molar-refractivity contribution in [2.75, 3.05) is 0 Å². The van der Waals surface area contributed by atoms with Crippen molar-refractivity contribution in [3.05, 3.63) is 100 Å². The molecule has 2 heterocycles. The van der Waals surface area contributed by atoms with Crippen LogP contribution in [0.3, 0.4) is 0 Å². The summed E-state index contributed by atoms with van der Waals surface area (Å²) >= 11 is 0. The van der Waals surface area contributed by atoms with Crippen LogP contribution in [0.1, 0.15) is 11.3 Å². The Kier molecular flexibility index (Phi) is 5.02. The maximum Gasteiger partial charge on any atom is 0.273 e. The van der Waals surface area contributed by atoms with E-state index >= 15 is 0 Å². The van der Waals surface area contributed by atoms with Crippen LogP contribution in [0.5, 0.6) is 0 Å². The van der Waals surface area contributed by atoms with Gasteiger partial charge in [0.1, 0.15) is 22.9 Å². The van der Waals surface area contributed by atoms with Crippen LogP contribution < -0.4 is 0 Å². The number of furan rings is 1. The van der Waals surface area contributed by atoms with Crippen LogP contribution in [0.15, 0.2) is 86.6 Å². The number of nitro groups is 1. The molecule has 5 rings (SSSR count). The van der Waals surface area contributed by atoms with Crippen LogP contribution >= 0.6 is 0 Å². The molecule has 0 fully saturated rings. The average Bonchev–Trinajstić information content (AvgIpc) is 3.45. The third kappa shape index (κ3) is 4.14. The van der Waals surface area contributed by atoms with Crippen LogP contribution in [0.2, 0.25) is 0 Å². The van der Waals surface area contributed by atoms with Gasteiger partial charge in [-0.1, -0.05) is 12.1 Å². The van der Waals surface area contributed by atoms with Gasteiger partial charge in [0.25, 0.3) is 5.69 Å². The Morgan fingerprint density at radius 3 is 2.55 bits per heavy atom. The van der Waals surface area contributed by atoms with Crippen LogP contribution in [-0.4, -0.2) is 16.1 Å². The maximum atomic E-state index is 13.1. The highest BCUT2D eigenvalue weighted by Crippen LogP contribution is 2.29. The fraction of sp³-hybridized carbons (Fsp3) is 0.0400. The van der Waals surface area contributed by atoms with Gasteiger partial charge < -0.3 is 8.83 Å². The average molecular weight is 441 g/mol. The predicted molar refractivity (Wildman–Crippen MR) is 122 cm³/mol. The lowest BCUT2D eigenvalue weighted by atomic mass is 10.1. The zero-order valence-corrected chi connectivity index (χ0v) is 17.4. The molecule has 0 N–H and O–H groups in total. The molecule has 2 aromatic heterocycles. The van der Waals surface area contributed by atoms with Gasteiger partial charge in [-0.25, -0.2) is 9.37 Å². The lowest BCUT2D eigenvalue weighted by Crippen LogP contribution is -1.91. The van der Waals surface area contributed by atoms with Gasteiger partial charge in [0, 0.05) is 22.8 Å². The summed E-state index contributed by atoms with van der Waals surface area (Å²) in [5, 5.41) is 11.2. The van der Waals surface area contributed by atoms with E-state index in [9.17, 15) is 14.5 Å². The topological polar surface area (TPSA) is 94.7 Å². The van der Waals surface area contributed by atoms with Crippen LogP contribution in [0.4, 0.5) is 15.8 Å². The molecule has 0 spiro atoms. The second-order valence-corrected chi connectivity index (χ2v) is 7.40. The van der Waals surface area contributed by atoms with Crippen molar-refractivity contribution in [1.29, 1.82) is 0 Å². The fourth-order valence-electron chi connectivity index (χ4n) is 3.39. The van der Waals surface area contributed by atoms with E-state index in [0.29, 0.717) is 50.9 Å². The molecule has 0 aliphatic heterocycles. The van der Waals surface area contributed by atoms with Crippen LogP contribution in [-0.2, 0) is 0 Å². The Balaban J connectivity index is 1.38.